The predicted molar refractivity (Wildman–Crippen MR) is 81.0 cm³/mol. The molecule has 0 heterocycles. The van der Waals surface area contributed by atoms with Crippen molar-refractivity contribution in [3.8, 4) is 0 Å². The molecule has 0 aliphatic heterocycles. The van der Waals surface area contributed by atoms with Crippen LogP contribution in [-0.4, -0.2) is 38.4 Å². The zero-order valence-electron chi connectivity index (χ0n) is 13.5. The van der Waals surface area contributed by atoms with Crippen molar-refractivity contribution in [3.05, 3.63) is 0 Å². The minimum Gasteiger partial charge on any atom is -0.466 e. The lowest BCUT2D eigenvalue weighted by Gasteiger charge is -2.06. The van der Waals surface area contributed by atoms with Gasteiger partial charge in [-0.2, -0.15) is 0 Å². The van der Waals surface area contributed by atoms with Crippen LogP contribution in [0.5, 0.6) is 0 Å². The lowest BCUT2D eigenvalue weighted by molar-refractivity contribution is -0.147. The van der Waals surface area contributed by atoms with Gasteiger partial charge in [0.15, 0.2) is 0 Å². The van der Waals surface area contributed by atoms with Gasteiger partial charge in [0.25, 0.3) is 0 Å². The smallest absolute Gasteiger partial charge is 0.308 e. The Labute approximate surface area is 128 Å². The van der Waals surface area contributed by atoms with Crippen LogP contribution in [0.1, 0.15) is 65.2 Å². The van der Waals surface area contributed by atoms with Crippen molar-refractivity contribution < 1.29 is 23.8 Å². The van der Waals surface area contributed by atoms with E-state index in [2.05, 4.69) is 6.92 Å². The van der Waals surface area contributed by atoms with Crippen molar-refractivity contribution in [1.29, 1.82) is 0 Å². The number of hydrogen-bond acceptors (Lipinski definition) is 5. The molecule has 0 rings (SSSR count). The van der Waals surface area contributed by atoms with E-state index in [0.29, 0.717) is 26.2 Å². The van der Waals surface area contributed by atoms with E-state index in [1.54, 1.807) is 6.92 Å². The minimum atomic E-state index is -0.266. The lowest BCUT2D eigenvalue weighted by Crippen LogP contribution is -2.13. The number of carbonyl (C=O) groups excluding carboxylic acids is 2. The third-order valence-electron chi connectivity index (χ3n) is 2.98. The molecule has 21 heavy (non-hydrogen) atoms. The molecular formula is C16H30O5. The SMILES string of the molecule is CCCCCCCCC(=O)OCCOCCC(=O)OCC. The standard InChI is InChI=1S/C16H30O5/c1-3-5-6-7-8-9-10-15(17)21-14-13-19-12-11-16(18)20-4-2/h3-14H2,1-2H3. The molecule has 0 unspecified atom stereocenters. The molecule has 5 nitrogen and oxygen atoms in total. The normalized spacial score (nSPS) is 10.4. The molecule has 0 N–H and O–H groups in total. The lowest BCUT2D eigenvalue weighted by atomic mass is 10.1. The first kappa shape index (κ1) is 19.9. The van der Waals surface area contributed by atoms with Crippen LogP contribution < -0.4 is 0 Å². The summed E-state index contributed by atoms with van der Waals surface area (Å²) in [6.07, 6.45) is 7.65. The second-order valence-corrected chi connectivity index (χ2v) is 4.91. The topological polar surface area (TPSA) is 61.8 Å². The van der Waals surface area contributed by atoms with Crippen molar-refractivity contribution in [2.75, 3.05) is 26.4 Å². The highest BCUT2D eigenvalue weighted by Crippen LogP contribution is 2.07. The maximum atomic E-state index is 11.4. The van der Waals surface area contributed by atoms with E-state index >= 15 is 0 Å². The molecule has 0 amide bonds. The fraction of sp³-hybridized carbons (Fsp3) is 0.875. The highest BCUT2D eigenvalue weighted by molar-refractivity contribution is 5.69. The molecule has 5 heteroatoms. The molecule has 0 aliphatic carbocycles. The highest BCUT2D eigenvalue weighted by Gasteiger charge is 2.03. The molecule has 0 saturated carbocycles. The summed E-state index contributed by atoms with van der Waals surface area (Å²) in [5, 5.41) is 0. The van der Waals surface area contributed by atoms with E-state index < -0.39 is 0 Å². The molecule has 0 saturated heterocycles. The minimum absolute atomic E-state index is 0.167. The van der Waals surface area contributed by atoms with E-state index in [1.165, 1.54) is 25.7 Å². The highest BCUT2D eigenvalue weighted by atomic mass is 16.6. The van der Waals surface area contributed by atoms with Crippen LogP contribution in [0.25, 0.3) is 0 Å². The van der Waals surface area contributed by atoms with Gasteiger partial charge in [0.2, 0.25) is 0 Å². The van der Waals surface area contributed by atoms with Crippen molar-refractivity contribution in [3.63, 3.8) is 0 Å². The van der Waals surface area contributed by atoms with Crippen LogP contribution >= 0.6 is 0 Å². The first-order chi connectivity index (χ1) is 10.2. The molecule has 0 aromatic rings. The fourth-order valence-corrected chi connectivity index (χ4v) is 1.83. The molecule has 0 aliphatic rings. The van der Waals surface area contributed by atoms with Gasteiger partial charge in [0.05, 0.1) is 26.2 Å². The van der Waals surface area contributed by atoms with Gasteiger partial charge in [0.1, 0.15) is 6.61 Å². The first-order valence-corrected chi connectivity index (χ1v) is 8.09. The number of carbonyl (C=O) groups is 2. The van der Waals surface area contributed by atoms with E-state index in [9.17, 15) is 9.59 Å². The second-order valence-electron chi connectivity index (χ2n) is 4.91. The molecule has 0 fully saturated rings. The van der Waals surface area contributed by atoms with Crippen LogP contribution in [0.2, 0.25) is 0 Å². The molecular weight excluding hydrogens is 272 g/mol. The maximum Gasteiger partial charge on any atom is 0.308 e. The van der Waals surface area contributed by atoms with Gasteiger partial charge in [-0.05, 0) is 13.3 Å². The van der Waals surface area contributed by atoms with Gasteiger partial charge in [-0.1, -0.05) is 39.0 Å². The van der Waals surface area contributed by atoms with E-state index in [4.69, 9.17) is 14.2 Å². The molecule has 0 aromatic carbocycles. The molecule has 124 valence electrons. The Bertz CT molecular complexity index is 265. The quantitative estimate of drug-likeness (QED) is 0.364. The number of rotatable bonds is 14. The Morgan fingerprint density at radius 3 is 2.10 bits per heavy atom. The van der Waals surface area contributed by atoms with E-state index in [1.807, 2.05) is 0 Å². The van der Waals surface area contributed by atoms with Gasteiger partial charge < -0.3 is 14.2 Å². The third kappa shape index (κ3) is 15.1. The van der Waals surface area contributed by atoms with Gasteiger partial charge in [-0.15, -0.1) is 0 Å². The molecule has 0 aromatic heterocycles. The van der Waals surface area contributed by atoms with Gasteiger partial charge in [-0.25, -0.2) is 0 Å². The summed E-state index contributed by atoms with van der Waals surface area (Å²) in [6.45, 7) is 5.20. The number of unbranched alkanes of at least 4 members (excludes halogenated alkanes) is 5. The molecule has 0 atom stereocenters. The van der Waals surface area contributed by atoms with Crippen molar-refractivity contribution in [2.24, 2.45) is 0 Å². The van der Waals surface area contributed by atoms with Gasteiger partial charge in [0, 0.05) is 6.42 Å². The Balaban J connectivity index is 3.24. The van der Waals surface area contributed by atoms with Crippen molar-refractivity contribution >= 4 is 11.9 Å². The summed E-state index contributed by atoms with van der Waals surface area (Å²) in [4.78, 5) is 22.4. The van der Waals surface area contributed by atoms with Gasteiger partial charge >= 0.3 is 11.9 Å². The summed E-state index contributed by atoms with van der Waals surface area (Å²) in [5.41, 5.74) is 0. The second kappa shape index (κ2) is 15.3. The largest absolute Gasteiger partial charge is 0.466 e. The van der Waals surface area contributed by atoms with E-state index in [-0.39, 0.29) is 25.0 Å². The summed E-state index contributed by atoms with van der Waals surface area (Å²) in [7, 11) is 0. The summed E-state index contributed by atoms with van der Waals surface area (Å²) >= 11 is 0. The Morgan fingerprint density at radius 2 is 1.38 bits per heavy atom. The molecule has 0 bridgehead atoms. The maximum absolute atomic E-state index is 11.4. The number of esters is 2. The van der Waals surface area contributed by atoms with Crippen molar-refractivity contribution in [2.45, 2.75) is 65.2 Å². The van der Waals surface area contributed by atoms with Gasteiger partial charge in [-0.3, -0.25) is 9.59 Å². The Morgan fingerprint density at radius 1 is 0.714 bits per heavy atom. The summed E-state index contributed by atoms with van der Waals surface area (Å²) in [5.74, 6) is -0.433. The average Bonchev–Trinajstić information content (AvgIpc) is 2.46. The Kier molecular flexibility index (Phi) is 14.5. The number of ether oxygens (including phenoxy) is 3. The summed E-state index contributed by atoms with van der Waals surface area (Å²) < 4.78 is 15.0. The molecule has 0 radical (unpaired) electrons. The van der Waals surface area contributed by atoms with Crippen LogP contribution in [0, 0.1) is 0 Å². The summed E-state index contributed by atoms with van der Waals surface area (Å²) in [6, 6.07) is 0. The van der Waals surface area contributed by atoms with Crippen LogP contribution in [-0.2, 0) is 23.8 Å². The average molecular weight is 302 g/mol. The monoisotopic (exact) mass is 302 g/mol. The fourth-order valence-electron chi connectivity index (χ4n) is 1.83. The zero-order chi connectivity index (χ0) is 15.8. The van der Waals surface area contributed by atoms with Crippen LogP contribution in [0.3, 0.4) is 0 Å². The van der Waals surface area contributed by atoms with Crippen molar-refractivity contribution in [1.82, 2.24) is 0 Å². The third-order valence-corrected chi connectivity index (χ3v) is 2.98. The van der Waals surface area contributed by atoms with E-state index in [0.717, 1.165) is 12.8 Å². The van der Waals surface area contributed by atoms with Crippen LogP contribution in [0.4, 0.5) is 0 Å². The molecule has 0 spiro atoms. The zero-order valence-corrected chi connectivity index (χ0v) is 13.5. The Hall–Kier alpha value is -1.10. The number of hydrogen-bond donors (Lipinski definition) is 0. The van der Waals surface area contributed by atoms with Crippen LogP contribution in [0.15, 0.2) is 0 Å². The predicted octanol–water partition coefficient (Wildman–Crippen LogP) is 3.25. The first-order valence-electron chi connectivity index (χ1n) is 8.09.